The van der Waals surface area contributed by atoms with Crippen molar-refractivity contribution in [2.24, 2.45) is 0 Å². The molecule has 0 unspecified atom stereocenters. The maximum Gasteiger partial charge on any atom is 0.242 e. The minimum absolute atomic E-state index is 1.02. The van der Waals surface area contributed by atoms with Gasteiger partial charge in [-0.05, 0) is 31.3 Å². The second-order valence-corrected chi connectivity index (χ2v) is 10.1. The maximum absolute atomic E-state index is 5.95. The van der Waals surface area contributed by atoms with Crippen LogP contribution in [0.4, 0.5) is 0 Å². The summed E-state index contributed by atoms with van der Waals surface area (Å²) in [6.45, 7) is 6.60. The molecule has 0 saturated heterocycles. The molecule has 0 atom stereocenters. The van der Waals surface area contributed by atoms with E-state index in [9.17, 15) is 0 Å². The second kappa shape index (κ2) is 4.43. The molecule has 0 radical (unpaired) electrons. The molecule has 0 aliphatic heterocycles. The first kappa shape index (κ1) is 11.4. The molecule has 2 aromatic rings. The van der Waals surface area contributed by atoms with Crippen molar-refractivity contribution < 1.29 is 4.43 Å². The van der Waals surface area contributed by atoms with E-state index < -0.39 is 8.32 Å². The van der Waals surface area contributed by atoms with Crippen molar-refractivity contribution in [1.82, 2.24) is 0 Å². The first-order valence-corrected chi connectivity index (χ1v) is 9.66. The van der Waals surface area contributed by atoms with Gasteiger partial charge in [0.25, 0.3) is 0 Å². The summed E-state index contributed by atoms with van der Waals surface area (Å²) in [5, 5.41) is 2.10. The standard InChI is InChI=1S/C13H16OSSi/c1-16(2,3)14-12-9-13(15-10-12)11-7-5-4-6-8-11/h4-10H,1-3H3. The third kappa shape index (κ3) is 2.96. The molecule has 1 aromatic heterocycles. The molecule has 3 heteroatoms. The number of hydrogen-bond donors (Lipinski definition) is 0. The first-order valence-electron chi connectivity index (χ1n) is 5.37. The summed E-state index contributed by atoms with van der Waals surface area (Å²) in [5.41, 5.74) is 1.26. The summed E-state index contributed by atoms with van der Waals surface area (Å²) < 4.78 is 5.95. The molecule has 0 aliphatic carbocycles. The summed E-state index contributed by atoms with van der Waals surface area (Å²) in [6.07, 6.45) is 0. The lowest BCUT2D eigenvalue weighted by atomic mass is 10.2. The van der Waals surface area contributed by atoms with E-state index in [-0.39, 0.29) is 0 Å². The molecule has 0 bridgehead atoms. The zero-order chi connectivity index (χ0) is 11.6. The third-order valence-electron chi connectivity index (χ3n) is 2.06. The van der Waals surface area contributed by atoms with Gasteiger partial charge in [0.2, 0.25) is 8.32 Å². The minimum Gasteiger partial charge on any atom is -0.544 e. The Labute approximate surface area is 102 Å². The van der Waals surface area contributed by atoms with Crippen LogP contribution >= 0.6 is 11.3 Å². The van der Waals surface area contributed by atoms with E-state index in [0.717, 1.165) is 5.75 Å². The zero-order valence-electron chi connectivity index (χ0n) is 9.86. The predicted octanol–water partition coefficient (Wildman–Crippen LogP) is 4.63. The van der Waals surface area contributed by atoms with Gasteiger partial charge in [0, 0.05) is 10.3 Å². The van der Waals surface area contributed by atoms with E-state index in [1.165, 1.54) is 10.4 Å². The Kier molecular flexibility index (Phi) is 3.17. The van der Waals surface area contributed by atoms with Crippen LogP contribution in [0.1, 0.15) is 0 Å². The molecule has 1 heterocycles. The van der Waals surface area contributed by atoms with E-state index in [4.69, 9.17) is 4.43 Å². The van der Waals surface area contributed by atoms with E-state index in [1.54, 1.807) is 11.3 Å². The van der Waals surface area contributed by atoms with Crippen molar-refractivity contribution in [3.63, 3.8) is 0 Å². The van der Waals surface area contributed by atoms with Gasteiger partial charge < -0.3 is 4.43 Å². The Bertz CT molecular complexity index is 456. The number of hydrogen-bond acceptors (Lipinski definition) is 2. The first-order chi connectivity index (χ1) is 7.54. The number of benzene rings is 1. The average Bonchev–Trinajstić information content (AvgIpc) is 2.65. The topological polar surface area (TPSA) is 9.23 Å². The third-order valence-corrected chi connectivity index (χ3v) is 3.86. The van der Waals surface area contributed by atoms with Crippen molar-refractivity contribution >= 4 is 19.7 Å². The fourth-order valence-electron chi connectivity index (χ4n) is 1.48. The van der Waals surface area contributed by atoms with Gasteiger partial charge in [-0.2, -0.15) is 0 Å². The summed E-state index contributed by atoms with van der Waals surface area (Å²) >= 11 is 1.74. The van der Waals surface area contributed by atoms with E-state index >= 15 is 0 Å². The van der Waals surface area contributed by atoms with Crippen molar-refractivity contribution in [2.45, 2.75) is 19.6 Å². The van der Waals surface area contributed by atoms with Gasteiger partial charge in [0.05, 0.1) is 0 Å². The molecule has 84 valence electrons. The summed E-state index contributed by atoms with van der Waals surface area (Å²) in [5.74, 6) is 1.02. The molecular weight excluding hydrogens is 232 g/mol. The van der Waals surface area contributed by atoms with E-state index in [1.807, 2.05) is 6.07 Å². The normalized spacial score (nSPS) is 11.4. The minimum atomic E-state index is -1.48. The second-order valence-electron chi connectivity index (χ2n) is 4.73. The van der Waals surface area contributed by atoms with Crippen LogP contribution in [0.2, 0.25) is 19.6 Å². The molecule has 2 rings (SSSR count). The van der Waals surface area contributed by atoms with Crippen molar-refractivity contribution in [3.05, 3.63) is 41.8 Å². The van der Waals surface area contributed by atoms with Gasteiger partial charge in [-0.1, -0.05) is 30.3 Å². The van der Waals surface area contributed by atoms with Gasteiger partial charge in [0.1, 0.15) is 5.75 Å². The van der Waals surface area contributed by atoms with E-state index in [2.05, 4.69) is 55.4 Å². The predicted molar refractivity (Wildman–Crippen MR) is 73.7 cm³/mol. The summed E-state index contributed by atoms with van der Waals surface area (Å²) in [6, 6.07) is 12.6. The Morgan fingerprint density at radius 1 is 1.06 bits per heavy atom. The lowest BCUT2D eigenvalue weighted by Gasteiger charge is -2.17. The quantitative estimate of drug-likeness (QED) is 0.720. The molecule has 1 aromatic carbocycles. The molecule has 16 heavy (non-hydrogen) atoms. The molecule has 0 amide bonds. The van der Waals surface area contributed by atoms with Crippen LogP contribution in [0.15, 0.2) is 41.8 Å². The van der Waals surface area contributed by atoms with Crippen LogP contribution in [0.25, 0.3) is 10.4 Å². The number of thiophene rings is 1. The molecule has 0 aliphatic rings. The van der Waals surface area contributed by atoms with Crippen LogP contribution < -0.4 is 4.43 Å². The lowest BCUT2D eigenvalue weighted by Crippen LogP contribution is -2.28. The van der Waals surface area contributed by atoms with Crippen LogP contribution in [0.5, 0.6) is 5.75 Å². The monoisotopic (exact) mass is 248 g/mol. The molecule has 0 fully saturated rings. The summed E-state index contributed by atoms with van der Waals surface area (Å²) in [7, 11) is -1.48. The van der Waals surface area contributed by atoms with Gasteiger partial charge >= 0.3 is 0 Å². The molecule has 1 nitrogen and oxygen atoms in total. The van der Waals surface area contributed by atoms with Crippen molar-refractivity contribution in [3.8, 4) is 16.2 Å². The fraction of sp³-hybridized carbons (Fsp3) is 0.231. The SMILES string of the molecule is C[Si](C)(C)Oc1csc(-c2ccccc2)c1. The maximum atomic E-state index is 5.95. The van der Waals surface area contributed by atoms with Crippen molar-refractivity contribution in [1.29, 1.82) is 0 Å². The average molecular weight is 248 g/mol. The summed E-state index contributed by atoms with van der Waals surface area (Å²) in [4.78, 5) is 1.27. The Hall–Kier alpha value is -1.06. The Balaban J connectivity index is 2.21. The van der Waals surface area contributed by atoms with Gasteiger partial charge in [0.15, 0.2) is 0 Å². The number of rotatable bonds is 3. The van der Waals surface area contributed by atoms with Gasteiger partial charge in [-0.15, -0.1) is 11.3 Å². The fourth-order valence-corrected chi connectivity index (χ4v) is 3.21. The van der Waals surface area contributed by atoms with Crippen LogP contribution in [-0.2, 0) is 0 Å². The molecule has 0 saturated carbocycles. The lowest BCUT2D eigenvalue weighted by molar-refractivity contribution is 0.561. The highest BCUT2D eigenvalue weighted by atomic mass is 32.1. The Morgan fingerprint density at radius 3 is 2.38 bits per heavy atom. The van der Waals surface area contributed by atoms with Crippen molar-refractivity contribution in [2.75, 3.05) is 0 Å². The highest BCUT2D eigenvalue weighted by Crippen LogP contribution is 2.31. The highest BCUT2D eigenvalue weighted by molar-refractivity contribution is 7.13. The van der Waals surface area contributed by atoms with E-state index in [0.29, 0.717) is 0 Å². The molecule has 0 spiro atoms. The largest absolute Gasteiger partial charge is 0.544 e. The Morgan fingerprint density at radius 2 is 1.75 bits per heavy atom. The van der Waals surface area contributed by atoms with Gasteiger partial charge in [-0.3, -0.25) is 0 Å². The molecular formula is C13H16OSSi. The van der Waals surface area contributed by atoms with Crippen LogP contribution in [0, 0.1) is 0 Å². The van der Waals surface area contributed by atoms with Crippen LogP contribution in [-0.4, -0.2) is 8.32 Å². The highest BCUT2D eigenvalue weighted by Gasteiger charge is 2.17. The molecule has 0 N–H and O–H groups in total. The zero-order valence-corrected chi connectivity index (χ0v) is 11.7. The van der Waals surface area contributed by atoms with Crippen LogP contribution in [0.3, 0.4) is 0 Å². The van der Waals surface area contributed by atoms with Gasteiger partial charge in [-0.25, -0.2) is 0 Å². The smallest absolute Gasteiger partial charge is 0.242 e.